The van der Waals surface area contributed by atoms with Crippen LogP contribution < -0.4 is 0 Å². The third kappa shape index (κ3) is 1.75. The zero-order valence-electron chi connectivity index (χ0n) is 8.49. The molecule has 0 heterocycles. The van der Waals surface area contributed by atoms with Gasteiger partial charge in [0.2, 0.25) is 0 Å². The van der Waals surface area contributed by atoms with Crippen LogP contribution in [0, 0.1) is 5.92 Å². The van der Waals surface area contributed by atoms with Crippen molar-refractivity contribution in [1.29, 1.82) is 0 Å². The number of fused-ring (bicyclic) bond motifs is 1. The molecule has 14 heavy (non-hydrogen) atoms. The van der Waals surface area contributed by atoms with Crippen LogP contribution in [0.15, 0.2) is 18.2 Å². The largest absolute Gasteiger partial charge is 0.508 e. The van der Waals surface area contributed by atoms with Gasteiger partial charge in [0.05, 0.1) is 0 Å². The van der Waals surface area contributed by atoms with E-state index in [0.717, 1.165) is 25.0 Å². The first-order valence-electron chi connectivity index (χ1n) is 5.10. The van der Waals surface area contributed by atoms with Gasteiger partial charge >= 0.3 is 0 Å². The Labute approximate surface area is 84.5 Å². The number of benzene rings is 1. The summed E-state index contributed by atoms with van der Waals surface area (Å²) in [5.74, 6) is 1.02. The fraction of sp³-hybridized carbons (Fsp3) is 0.500. The molecule has 1 atom stereocenters. The van der Waals surface area contributed by atoms with Crippen molar-refractivity contribution in [3.63, 3.8) is 0 Å². The monoisotopic (exact) mass is 192 g/mol. The second-order valence-corrected chi connectivity index (χ2v) is 3.98. The summed E-state index contributed by atoms with van der Waals surface area (Å²) in [5, 5.41) is 9.70. The lowest BCUT2D eigenvalue weighted by Crippen LogP contribution is -2.18. The number of hydrogen-bond donors (Lipinski definition) is 1. The highest BCUT2D eigenvalue weighted by Crippen LogP contribution is 2.31. The van der Waals surface area contributed by atoms with Crippen LogP contribution in [0.4, 0.5) is 0 Å². The maximum Gasteiger partial charge on any atom is 0.119 e. The van der Waals surface area contributed by atoms with E-state index in [1.54, 1.807) is 13.2 Å². The second-order valence-electron chi connectivity index (χ2n) is 3.98. The summed E-state index contributed by atoms with van der Waals surface area (Å²) in [4.78, 5) is 0. The molecule has 2 nitrogen and oxygen atoms in total. The summed E-state index contributed by atoms with van der Waals surface area (Å²) >= 11 is 0. The highest BCUT2D eigenvalue weighted by molar-refractivity contribution is 5.40. The SMILES string of the molecule is COCC1CCc2cccc(O)c2C1. The molecule has 0 fully saturated rings. The zero-order chi connectivity index (χ0) is 9.97. The van der Waals surface area contributed by atoms with Gasteiger partial charge in [0.25, 0.3) is 0 Å². The molecule has 0 spiro atoms. The highest BCUT2D eigenvalue weighted by Gasteiger charge is 2.20. The predicted octanol–water partition coefficient (Wildman–Crippen LogP) is 2.14. The molecule has 1 aromatic rings. The maximum absolute atomic E-state index is 9.70. The van der Waals surface area contributed by atoms with Crippen LogP contribution in [0.1, 0.15) is 17.5 Å². The third-order valence-corrected chi connectivity index (χ3v) is 2.97. The predicted molar refractivity (Wildman–Crippen MR) is 55.5 cm³/mol. The summed E-state index contributed by atoms with van der Waals surface area (Å²) < 4.78 is 5.15. The lowest BCUT2D eigenvalue weighted by molar-refractivity contribution is 0.144. The molecule has 1 aliphatic carbocycles. The van der Waals surface area contributed by atoms with Gasteiger partial charge in [-0.3, -0.25) is 0 Å². The van der Waals surface area contributed by atoms with E-state index in [1.807, 2.05) is 6.07 Å². The van der Waals surface area contributed by atoms with Gasteiger partial charge < -0.3 is 9.84 Å². The minimum atomic E-state index is 0.448. The van der Waals surface area contributed by atoms with Crippen LogP contribution in [-0.2, 0) is 17.6 Å². The summed E-state index contributed by atoms with van der Waals surface area (Å²) in [5.41, 5.74) is 2.43. The van der Waals surface area contributed by atoms with Crippen molar-refractivity contribution in [3.8, 4) is 5.75 Å². The van der Waals surface area contributed by atoms with Crippen molar-refractivity contribution in [2.24, 2.45) is 5.92 Å². The summed E-state index contributed by atoms with van der Waals surface area (Å²) in [6, 6.07) is 5.80. The van der Waals surface area contributed by atoms with E-state index < -0.39 is 0 Å². The first-order valence-corrected chi connectivity index (χ1v) is 5.10. The Morgan fingerprint density at radius 1 is 1.50 bits per heavy atom. The number of phenols is 1. The summed E-state index contributed by atoms with van der Waals surface area (Å²) in [7, 11) is 1.74. The number of phenolic OH excluding ortho intramolecular Hbond substituents is 1. The van der Waals surface area contributed by atoms with Gasteiger partial charge in [0.1, 0.15) is 5.75 Å². The van der Waals surface area contributed by atoms with Crippen LogP contribution in [0.25, 0.3) is 0 Å². The smallest absolute Gasteiger partial charge is 0.119 e. The van der Waals surface area contributed by atoms with Gasteiger partial charge in [-0.2, -0.15) is 0 Å². The summed E-state index contributed by atoms with van der Waals surface area (Å²) in [6.07, 6.45) is 3.19. The maximum atomic E-state index is 9.70. The van der Waals surface area contributed by atoms with Crippen molar-refractivity contribution in [1.82, 2.24) is 0 Å². The van der Waals surface area contributed by atoms with Crippen molar-refractivity contribution < 1.29 is 9.84 Å². The number of ether oxygens (including phenoxy) is 1. The average Bonchev–Trinajstić information content (AvgIpc) is 2.20. The van der Waals surface area contributed by atoms with Crippen molar-refractivity contribution in [3.05, 3.63) is 29.3 Å². The van der Waals surface area contributed by atoms with Gasteiger partial charge in [-0.05, 0) is 42.4 Å². The molecule has 1 aliphatic rings. The van der Waals surface area contributed by atoms with E-state index in [4.69, 9.17) is 4.74 Å². The van der Waals surface area contributed by atoms with E-state index in [9.17, 15) is 5.11 Å². The highest BCUT2D eigenvalue weighted by atomic mass is 16.5. The number of hydrogen-bond acceptors (Lipinski definition) is 2. The average molecular weight is 192 g/mol. The molecule has 1 unspecified atom stereocenters. The Hall–Kier alpha value is -1.02. The first kappa shape index (κ1) is 9.53. The number of methoxy groups -OCH3 is 1. The lowest BCUT2D eigenvalue weighted by Gasteiger charge is -2.24. The van der Waals surface area contributed by atoms with Gasteiger partial charge in [-0.25, -0.2) is 0 Å². The zero-order valence-corrected chi connectivity index (χ0v) is 8.49. The van der Waals surface area contributed by atoms with E-state index in [-0.39, 0.29) is 0 Å². The molecule has 1 N–H and O–H groups in total. The molecule has 76 valence electrons. The standard InChI is InChI=1S/C12H16O2/c1-14-8-9-5-6-10-3-2-4-12(13)11(10)7-9/h2-4,9,13H,5-8H2,1H3. The van der Waals surface area contributed by atoms with Crippen molar-refractivity contribution in [2.45, 2.75) is 19.3 Å². The minimum absolute atomic E-state index is 0.448. The van der Waals surface area contributed by atoms with Gasteiger partial charge in [-0.15, -0.1) is 0 Å². The molecule has 2 heteroatoms. The molecule has 0 aromatic heterocycles. The summed E-state index contributed by atoms with van der Waals surface area (Å²) in [6.45, 7) is 0.799. The van der Waals surface area contributed by atoms with Crippen LogP contribution >= 0.6 is 0 Å². The fourth-order valence-corrected chi connectivity index (χ4v) is 2.22. The second kappa shape index (κ2) is 4.01. The minimum Gasteiger partial charge on any atom is -0.508 e. The first-order chi connectivity index (χ1) is 6.81. The molecule has 0 aliphatic heterocycles. The van der Waals surface area contributed by atoms with Crippen molar-refractivity contribution in [2.75, 3.05) is 13.7 Å². The molecule has 0 radical (unpaired) electrons. The molecular weight excluding hydrogens is 176 g/mol. The van der Waals surface area contributed by atoms with Gasteiger partial charge in [0, 0.05) is 13.7 Å². The molecule has 2 rings (SSSR count). The fourth-order valence-electron chi connectivity index (χ4n) is 2.22. The van der Waals surface area contributed by atoms with E-state index in [0.29, 0.717) is 11.7 Å². The molecule has 1 aromatic carbocycles. The molecule has 0 saturated carbocycles. The Morgan fingerprint density at radius 3 is 3.14 bits per heavy atom. The Bertz CT molecular complexity index is 320. The van der Waals surface area contributed by atoms with E-state index in [2.05, 4.69) is 6.07 Å². The van der Waals surface area contributed by atoms with Gasteiger partial charge in [0.15, 0.2) is 0 Å². The Kier molecular flexibility index (Phi) is 2.73. The Balaban J connectivity index is 2.20. The lowest BCUT2D eigenvalue weighted by atomic mass is 9.84. The molecule has 0 amide bonds. The quantitative estimate of drug-likeness (QED) is 0.778. The van der Waals surface area contributed by atoms with Crippen LogP contribution in [0.3, 0.4) is 0 Å². The van der Waals surface area contributed by atoms with E-state index >= 15 is 0 Å². The normalized spacial score (nSPS) is 20.5. The number of rotatable bonds is 2. The van der Waals surface area contributed by atoms with Crippen LogP contribution in [-0.4, -0.2) is 18.8 Å². The molecule has 0 saturated heterocycles. The Morgan fingerprint density at radius 2 is 2.36 bits per heavy atom. The molecule has 0 bridgehead atoms. The number of aryl methyl sites for hydroxylation is 1. The van der Waals surface area contributed by atoms with Gasteiger partial charge in [-0.1, -0.05) is 12.1 Å². The van der Waals surface area contributed by atoms with Crippen LogP contribution in [0.2, 0.25) is 0 Å². The third-order valence-electron chi connectivity index (χ3n) is 2.97. The van der Waals surface area contributed by atoms with E-state index in [1.165, 1.54) is 12.0 Å². The van der Waals surface area contributed by atoms with Crippen molar-refractivity contribution >= 4 is 0 Å². The number of aromatic hydroxyl groups is 1. The molecular formula is C12H16O2. The topological polar surface area (TPSA) is 29.5 Å². The van der Waals surface area contributed by atoms with Crippen LogP contribution in [0.5, 0.6) is 5.75 Å².